The first kappa shape index (κ1) is 30.1. The fraction of sp³-hybridized carbons (Fsp3) is 0.417. The number of aliphatic hydroxyl groups is 1. The molecule has 182 valence electrons. The Labute approximate surface area is 222 Å². The molecule has 0 heterocycles. The van der Waals surface area contributed by atoms with Gasteiger partial charge in [-0.2, -0.15) is 0 Å². The van der Waals surface area contributed by atoms with Crippen LogP contribution in [0.4, 0.5) is 0 Å². The van der Waals surface area contributed by atoms with Crippen molar-refractivity contribution in [1.82, 2.24) is 0 Å². The van der Waals surface area contributed by atoms with Gasteiger partial charge in [0.2, 0.25) is 0 Å². The molecular weight excluding hydrogens is 471 g/mol. The molecule has 1 unspecified atom stereocenters. The Kier molecular flexibility index (Phi) is 12.3. The number of carboxylic acid groups (broad SMARTS) is 1. The average Bonchev–Trinajstić information content (AvgIpc) is 2.77. The van der Waals surface area contributed by atoms with Crippen LogP contribution >= 0.6 is 0 Å². The van der Waals surface area contributed by atoms with Gasteiger partial charge in [0.25, 0.3) is 0 Å². The van der Waals surface area contributed by atoms with Gasteiger partial charge in [0.1, 0.15) is 11.5 Å². The second-order valence-electron chi connectivity index (χ2n) is 7.78. The number of hydrogen-bond donors (Lipinski definition) is 3. The summed E-state index contributed by atoms with van der Waals surface area (Å²) in [5.41, 5.74) is 1.21. The van der Waals surface area contributed by atoms with Crippen molar-refractivity contribution in [2.75, 3.05) is 12.4 Å². The van der Waals surface area contributed by atoms with Crippen molar-refractivity contribution in [3.63, 3.8) is 0 Å². The number of carboxylic acids is 1. The van der Waals surface area contributed by atoms with Gasteiger partial charge in [0, 0.05) is 12.0 Å². The Morgan fingerprint density at radius 1 is 1.09 bits per heavy atom. The van der Waals surface area contributed by atoms with Crippen LogP contribution in [-0.4, -0.2) is 77.4 Å². The molecule has 0 aliphatic carbocycles. The third-order valence-corrected chi connectivity index (χ3v) is 7.01. The van der Waals surface area contributed by atoms with E-state index in [9.17, 15) is 28.2 Å². The molecule has 0 bridgehead atoms. The SMILES string of the molecule is CCCc1c(OCCCS(=O)(=O)c2ccc(C(O)CCC(=O)O)cc2)ccc(C(C)=O)c1O.[NaH]. The van der Waals surface area contributed by atoms with E-state index in [0.717, 1.165) is 6.42 Å². The maximum atomic E-state index is 12.6. The van der Waals surface area contributed by atoms with E-state index in [1.165, 1.54) is 37.3 Å². The van der Waals surface area contributed by atoms with Crippen molar-refractivity contribution in [2.45, 2.75) is 57.0 Å². The Balaban J connectivity index is 0.00000578. The van der Waals surface area contributed by atoms with E-state index in [4.69, 9.17) is 9.84 Å². The van der Waals surface area contributed by atoms with Crippen molar-refractivity contribution in [3.8, 4) is 11.5 Å². The van der Waals surface area contributed by atoms with Gasteiger partial charge in [0.05, 0.1) is 28.9 Å². The second-order valence-corrected chi connectivity index (χ2v) is 9.89. The summed E-state index contributed by atoms with van der Waals surface area (Å²) in [5, 5.41) is 29.1. The molecule has 0 saturated carbocycles. The zero-order valence-corrected chi connectivity index (χ0v) is 19.6. The predicted octanol–water partition coefficient (Wildman–Crippen LogP) is 3.04. The molecule has 2 rings (SSSR count). The maximum absolute atomic E-state index is 12.6. The van der Waals surface area contributed by atoms with E-state index in [-0.39, 0.29) is 83.2 Å². The molecule has 2 aromatic carbocycles. The van der Waals surface area contributed by atoms with Gasteiger partial charge in [-0.15, -0.1) is 0 Å². The number of aromatic hydroxyl groups is 1. The van der Waals surface area contributed by atoms with Crippen molar-refractivity contribution in [1.29, 1.82) is 0 Å². The summed E-state index contributed by atoms with van der Waals surface area (Å²) >= 11 is 0. The molecule has 0 spiro atoms. The van der Waals surface area contributed by atoms with Crippen LogP contribution < -0.4 is 4.74 Å². The van der Waals surface area contributed by atoms with Crippen LogP contribution in [0.3, 0.4) is 0 Å². The van der Waals surface area contributed by atoms with E-state index in [2.05, 4.69) is 0 Å². The number of ketones is 1. The summed E-state index contributed by atoms with van der Waals surface area (Å²) in [6.07, 6.45) is 0.352. The second kappa shape index (κ2) is 13.8. The van der Waals surface area contributed by atoms with Gasteiger partial charge in [-0.3, -0.25) is 9.59 Å². The first-order valence-electron chi connectivity index (χ1n) is 10.8. The van der Waals surface area contributed by atoms with Crippen LogP contribution in [0.2, 0.25) is 0 Å². The average molecular weight is 503 g/mol. The molecule has 0 amide bonds. The number of benzene rings is 2. The third-order valence-electron chi connectivity index (χ3n) is 5.19. The Morgan fingerprint density at radius 3 is 2.29 bits per heavy atom. The minimum absolute atomic E-state index is 0. The van der Waals surface area contributed by atoms with E-state index >= 15 is 0 Å². The van der Waals surface area contributed by atoms with Gasteiger partial charge in [-0.25, -0.2) is 8.42 Å². The molecule has 0 aromatic heterocycles. The zero-order chi connectivity index (χ0) is 24.6. The van der Waals surface area contributed by atoms with Crippen LogP contribution in [-0.2, 0) is 21.1 Å². The fourth-order valence-electron chi connectivity index (χ4n) is 3.40. The summed E-state index contributed by atoms with van der Waals surface area (Å²) in [7, 11) is -3.58. The van der Waals surface area contributed by atoms with Crippen LogP contribution in [0.5, 0.6) is 11.5 Å². The third kappa shape index (κ3) is 8.39. The summed E-state index contributed by atoms with van der Waals surface area (Å²) in [6, 6.07) is 8.86. The Hall–Kier alpha value is -1.91. The van der Waals surface area contributed by atoms with Crippen LogP contribution in [0.25, 0.3) is 0 Å². The normalized spacial score (nSPS) is 12.0. The Morgan fingerprint density at radius 2 is 1.74 bits per heavy atom. The standard InChI is InChI=1S/C24H30O8S.Na.H/c1-3-5-20-22(12-10-19(16(2)25)24(20)29)32-14-4-15-33(30,31)18-8-6-17(7-9-18)21(26)11-13-23(27)28;;/h6-10,12,21,26,29H,3-5,11,13-15H2,1-2H3,(H,27,28);;. The van der Waals surface area contributed by atoms with E-state index < -0.39 is 21.9 Å². The molecule has 8 nitrogen and oxygen atoms in total. The molecule has 0 saturated heterocycles. The zero-order valence-electron chi connectivity index (χ0n) is 18.8. The van der Waals surface area contributed by atoms with Crippen molar-refractivity contribution in [2.24, 2.45) is 0 Å². The molecule has 1 atom stereocenters. The number of rotatable bonds is 13. The number of hydrogen-bond acceptors (Lipinski definition) is 7. The van der Waals surface area contributed by atoms with Gasteiger partial charge < -0.3 is 20.1 Å². The quantitative estimate of drug-likeness (QED) is 0.216. The molecule has 3 N–H and O–H groups in total. The molecule has 0 aliphatic heterocycles. The number of carbonyl (C=O) groups is 2. The first-order chi connectivity index (χ1) is 15.6. The van der Waals surface area contributed by atoms with Crippen LogP contribution in [0.15, 0.2) is 41.3 Å². The van der Waals surface area contributed by atoms with Crippen molar-refractivity contribution < 1.29 is 38.1 Å². The monoisotopic (exact) mass is 502 g/mol. The summed E-state index contributed by atoms with van der Waals surface area (Å²) in [6.45, 7) is 3.42. The minimum atomic E-state index is -3.58. The van der Waals surface area contributed by atoms with Crippen LogP contribution in [0, 0.1) is 0 Å². The van der Waals surface area contributed by atoms with Gasteiger partial charge in [-0.05, 0) is 56.0 Å². The van der Waals surface area contributed by atoms with E-state index in [1.807, 2.05) is 6.92 Å². The topological polar surface area (TPSA) is 138 Å². The molecule has 0 fully saturated rings. The molecule has 2 aromatic rings. The number of aliphatic carboxylic acids is 1. The number of carbonyl (C=O) groups excluding carboxylic acids is 1. The van der Waals surface area contributed by atoms with Crippen molar-refractivity contribution in [3.05, 3.63) is 53.1 Å². The summed E-state index contributed by atoms with van der Waals surface area (Å²) in [4.78, 5) is 22.4. The number of ether oxygens (including phenoxy) is 1. The summed E-state index contributed by atoms with van der Waals surface area (Å²) in [5.74, 6) is -1.09. The molecule has 34 heavy (non-hydrogen) atoms. The molecule has 0 radical (unpaired) electrons. The number of Topliss-reactive ketones (excluding diaryl/α,β-unsaturated/α-hetero) is 1. The molecular formula is C24H31NaO8S. The number of phenols is 1. The fourth-order valence-corrected chi connectivity index (χ4v) is 4.69. The van der Waals surface area contributed by atoms with Crippen LogP contribution in [0.1, 0.15) is 67.1 Å². The predicted molar refractivity (Wildman–Crippen MR) is 130 cm³/mol. The van der Waals surface area contributed by atoms with E-state index in [0.29, 0.717) is 23.3 Å². The number of phenolic OH excluding ortho intramolecular Hbond substituents is 1. The van der Waals surface area contributed by atoms with E-state index in [1.54, 1.807) is 6.07 Å². The number of aliphatic hydroxyl groups excluding tert-OH is 1. The van der Waals surface area contributed by atoms with Gasteiger partial charge in [0.15, 0.2) is 15.6 Å². The van der Waals surface area contributed by atoms with Gasteiger partial charge in [-0.1, -0.05) is 25.5 Å². The Bertz CT molecular complexity index is 1080. The summed E-state index contributed by atoms with van der Waals surface area (Å²) < 4.78 is 30.9. The number of sulfone groups is 1. The molecule has 0 aliphatic rings. The van der Waals surface area contributed by atoms with Crippen molar-refractivity contribution >= 4 is 51.1 Å². The molecule has 10 heteroatoms. The van der Waals surface area contributed by atoms with Gasteiger partial charge >= 0.3 is 35.5 Å². The first-order valence-corrected chi connectivity index (χ1v) is 12.4.